The van der Waals surface area contributed by atoms with Crippen molar-refractivity contribution >= 4 is 21.8 Å². The maximum atomic E-state index is 12.5. The summed E-state index contributed by atoms with van der Waals surface area (Å²) in [5, 5.41) is 0. The summed E-state index contributed by atoms with van der Waals surface area (Å²) in [5.74, 6) is -0.274. The van der Waals surface area contributed by atoms with Crippen LogP contribution >= 0.6 is 15.9 Å². The summed E-state index contributed by atoms with van der Waals surface area (Å²) in [7, 11) is 0. The minimum atomic E-state index is -0.511. The molecule has 0 spiro atoms. The van der Waals surface area contributed by atoms with Gasteiger partial charge in [0.05, 0.1) is 6.54 Å². The van der Waals surface area contributed by atoms with Gasteiger partial charge in [0.25, 0.3) is 5.56 Å². The van der Waals surface area contributed by atoms with Crippen molar-refractivity contribution in [1.29, 1.82) is 0 Å². The second-order valence-corrected chi connectivity index (χ2v) is 6.43. The highest BCUT2D eigenvalue weighted by atomic mass is 79.9. The van der Waals surface area contributed by atoms with Crippen LogP contribution in [0.1, 0.15) is 21.5 Å². The predicted octanol–water partition coefficient (Wildman–Crippen LogP) is 2.73. The Balaban J connectivity index is 1.78. The smallest absolute Gasteiger partial charge is 0.271 e. The first-order chi connectivity index (χ1) is 12.5. The van der Waals surface area contributed by atoms with Gasteiger partial charge >= 0.3 is 0 Å². The number of amides is 1. The first-order valence-electron chi connectivity index (χ1n) is 7.85. The van der Waals surface area contributed by atoms with Crippen LogP contribution in [0.15, 0.2) is 70.2 Å². The summed E-state index contributed by atoms with van der Waals surface area (Å²) >= 11 is 3.26. The Morgan fingerprint density at radius 3 is 2.58 bits per heavy atom. The molecule has 1 aromatic heterocycles. The van der Waals surface area contributed by atoms with E-state index in [1.807, 2.05) is 36.4 Å². The Morgan fingerprint density at radius 2 is 1.85 bits per heavy atom. The molecule has 2 N–H and O–H groups in total. The minimum Gasteiger partial charge on any atom is -0.472 e. The zero-order valence-electron chi connectivity index (χ0n) is 13.8. The van der Waals surface area contributed by atoms with Crippen LogP contribution in [0.25, 0.3) is 0 Å². The number of carbonyl (C=O) groups is 1. The molecule has 7 heteroatoms. The number of carbonyl (C=O) groups excluding carboxylic acids is 1. The molecule has 6 nitrogen and oxygen atoms in total. The fraction of sp³-hybridized carbons (Fsp3) is 0.105. The number of ether oxygens (including phenoxy) is 1. The summed E-state index contributed by atoms with van der Waals surface area (Å²) < 4.78 is 7.31. The number of nitrogens with two attached hydrogens (primary N) is 1. The quantitative estimate of drug-likeness (QED) is 0.672. The molecule has 0 aliphatic rings. The van der Waals surface area contributed by atoms with Gasteiger partial charge < -0.3 is 10.5 Å². The zero-order chi connectivity index (χ0) is 18.5. The SMILES string of the molecule is NC(=O)c1cccc(Cn2cnc(OCc3ccccc3)c(Br)c2=O)c1. The number of primary amides is 1. The van der Waals surface area contributed by atoms with Crippen LogP contribution in [0, 0.1) is 0 Å². The van der Waals surface area contributed by atoms with E-state index < -0.39 is 5.91 Å². The molecular weight excluding hydrogens is 398 g/mol. The van der Waals surface area contributed by atoms with Crippen molar-refractivity contribution < 1.29 is 9.53 Å². The summed E-state index contributed by atoms with van der Waals surface area (Å²) in [6, 6.07) is 16.4. The van der Waals surface area contributed by atoms with Crippen molar-refractivity contribution in [3.8, 4) is 5.88 Å². The lowest BCUT2D eigenvalue weighted by Crippen LogP contribution is -2.23. The van der Waals surface area contributed by atoms with Gasteiger partial charge in [0.2, 0.25) is 11.8 Å². The van der Waals surface area contributed by atoms with Crippen molar-refractivity contribution in [1.82, 2.24) is 9.55 Å². The molecule has 3 aromatic rings. The highest BCUT2D eigenvalue weighted by molar-refractivity contribution is 9.10. The van der Waals surface area contributed by atoms with Gasteiger partial charge in [-0.1, -0.05) is 42.5 Å². The van der Waals surface area contributed by atoms with Crippen LogP contribution in [-0.2, 0) is 13.2 Å². The molecule has 1 amide bonds. The molecule has 0 aliphatic carbocycles. The zero-order valence-corrected chi connectivity index (χ0v) is 15.3. The van der Waals surface area contributed by atoms with Crippen LogP contribution in [0.4, 0.5) is 0 Å². The first-order valence-corrected chi connectivity index (χ1v) is 8.64. The van der Waals surface area contributed by atoms with E-state index >= 15 is 0 Å². The van der Waals surface area contributed by atoms with Gasteiger partial charge in [-0.15, -0.1) is 0 Å². The maximum absolute atomic E-state index is 12.5. The lowest BCUT2D eigenvalue weighted by Gasteiger charge is -2.10. The molecule has 0 saturated heterocycles. The van der Waals surface area contributed by atoms with Crippen LogP contribution < -0.4 is 16.0 Å². The minimum absolute atomic E-state index is 0.237. The fourth-order valence-corrected chi connectivity index (χ4v) is 2.85. The van der Waals surface area contributed by atoms with E-state index in [9.17, 15) is 9.59 Å². The van der Waals surface area contributed by atoms with Crippen molar-refractivity contribution in [2.45, 2.75) is 13.2 Å². The largest absolute Gasteiger partial charge is 0.472 e. The van der Waals surface area contributed by atoms with E-state index in [-0.39, 0.29) is 22.5 Å². The van der Waals surface area contributed by atoms with Gasteiger partial charge in [-0.3, -0.25) is 14.2 Å². The van der Waals surface area contributed by atoms with Gasteiger partial charge in [-0.25, -0.2) is 4.98 Å². The van der Waals surface area contributed by atoms with E-state index in [1.54, 1.807) is 18.2 Å². The third kappa shape index (κ3) is 4.18. The van der Waals surface area contributed by atoms with Gasteiger partial charge in [0.1, 0.15) is 17.4 Å². The number of benzene rings is 2. The highest BCUT2D eigenvalue weighted by Gasteiger charge is 2.11. The maximum Gasteiger partial charge on any atom is 0.271 e. The molecule has 3 rings (SSSR count). The van der Waals surface area contributed by atoms with E-state index in [4.69, 9.17) is 10.5 Å². The molecule has 0 unspecified atom stereocenters. The third-order valence-electron chi connectivity index (χ3n) is 3.73. The molecule has 0 aliphatic heterocycles. The Bertz CT molecular complexity index is 987. The number of nitrogens with zero attached hydrogens (tertiary/aromatic N) is 2. The monoisotopic (exact) mass is 413 g/mol. The fourth-order valence-electron chi connectivity index (χ4n) is 2.41. The van der Waals surface area contributed by atoms with Crippen molar-refractivity contribution in [2.75, 3.05) is 0 Å². The number of aromatic nitrogens is 2. The van der Waals surface area contributed by atoms with E-state index in [0.29, 0.717) is 12.2 Å². The predicted molar refractivity (Wildman–Crippen MR) is 101 cm³/mol. The molecule has 0 radical (unpaired) electrons. The van der Waals surface area contributed by atoms with Crippen molar-refractivity contribution in [3.63, 3.8) is 0 Å². The van der Waals surface area contributed by atoms with E-state index in [0.717, 1.165) is 11.1 Å². The molecule has 0 bridgehead atoms. The van der Waals surface area contributed by atoms with Crippen LogP contribution in [-0.4, -0.2) is 15.5 Å². The number of rotatable bonds is 6. The van der Waals surface area contributed by atoms with E-state index in [1.165, 1.54) is 10.9 Å². The molecule has 132 valence electrons. The van der Waals surface area contributed by atoms with Crippen molar-refractivity contribution in [3.05, 3.63) is 92.4 Å². The van der Waals surface area contributed by atoms with Gasteiger partial charge in [0.15, 0.2) is 0 Å². The second kappa shape index (κ2) is 7.97. The molecule has 26 heavy (non-hydrogen) atoms. The lowest BCUT2D eigenvalue weighted by molar-refractivity contribution is 0.1000. The molecule has 1 heterocycles. The normalized spacial score (nSPS) is 10.5. The molecular formula is C19H16BrN3O3. The summed E-state index contributed by atoms with van der Waals surface area (Å²) in [6.07, 6.45) is 1.42. The molecule has 0 atom stereocenters. The van der Waals surface area contributed by atoms with Gasteiger partial charge in [0, 0.05) is 5.56 Å². The number of hydrogen-bond donors (Lipinski definition) is 1. The van der Waals surface area contributed by atoms with Gasteiger partial charge in [-0.2, -0.15) is 0 Å². The second-order valence-electron chi connectivity index (χ2n) is 5.64. The topological polar surface area (TPSA) is 87.2 Å². The van der Waals surface area contributed by atoms with Crippen LogP contribution in [0.2, 0.25) is 0 Å². The molecule has 0 fully saturated rings. The van der Waals surface area contributed by atoms with Gasteiger partial charge in [-0.05, 0) is 39.2 Å². The average molecular weight is 414 g/mol. The Morgan fingerprint density at radius 1 is 1.12 bits per heavy atom. The summed E-state index contributed by atoms with van der Waals surface area (Å²) in [6.45, 7) is 0.584. The van der Waals surface area contributed by atoms with Crippen LogP contribution in [0.5, 0.6) is 5.88 Å². The summed E-state index contributed by atoms with van der Waals surface area (Å²) in [4.78, 5) is 28.0. The Labute approximate surface area is 158 Å². The standard InChI is InChI=1S/C19H16BrN3O3/c20-16-18(26-11-13-5-2-1-3-6-13)22-12-23(19(16)25)10-14-7-4-8-15(9-14)17(21)24/h1-9,12H,10-11H2,(H2,21,24). The molecule has 2 aromatic carbocycles. The molecule has 0 saturated carbocycles. The first kappa shape index (κ1) is 17.9. The Hall–Kier alpha value is -2.93. The van der Waals surface area contributed by atoms with Crippen molar-refractivity contribution in [2.24, 2.45) is 5.73 Å². The Kier molecular flexibility index (Phi) is 5.48. The van der Waals surface area contributed by atoms with Crippen LogP contribution in [0.3, 0.4) is 0 Å². The lowest BCUT2D eigenvalue weighted by atomic mass is 10.1. The highest BCUT2D eigenvalue weighted by Crippen LogP contribution is 2.19. The summed E-state index contributed by atoms with van der Waals surface area (Å²) in [5.41, 5.74) is 7.16. The number of halogens is 1. The van der Waals surface area contributed by atoms with E-state index in [2.05, 4.69) is 20.9 Å². The third-order valence-corrected chi connectivity index (χ3v) is 4.41. The number of hydrogen-bond acceptors (Lipinski definition) is 4. The average Bonchev–Trinajstić information content (AvgIpc) is 2.66.